The van der Waals surface area contributed by atoms with Gasteiger partial charge in [-0.3, -0.25) is 5.01 Å². The molecule has 1 aliphatic heterocycles. The Labute approximate surface area is 140 Å². The lowest BCUT2D eigenvalue weighted by molar-refractivity contribution is 0.271. The van der Waals surface area contributed by atoms with E-state index in [1.165, 1.54) is 0 Å². The van der Waals surface area contributed by atoms with Crippen LogP contribution in [0.5, 0.6) is 0 Å². The molecule has 3 rings (SSSR count). The first kappa shape index (κ1) is 15.1. The van der Waals surface area contributed by atoms with Crippen LogP contribution in [0.25, 0.3) is 0 Å². The van der Waals surface area contributed by atoms with Crippen molar-refractivity contribution >= 4 is 35.2 Å². The van der Waals surface area contributed by atoms with Gasteiger partial charge in [0.15, 0.2) is 0 Å². The number of piperazine rings is 1. The van der Waals surface area contributed by atoms with Crippen LogP contribution in [-0.2, 0) is 0 Å². The Hall–Kier alpha value is -1.78. The van der Waals surface area contributed by atoms with Crippen molar-refractivity contribution in [1.29, 1.82) is 0 Å². The number of nitrogens with zero attached hydrogens (tertiary/aromatic N) is 4. The standard InChI is InChI=1S/C16H16Cl2N4/c17-14-5-4-13(11-15(14)18)12-20-22-9-7-21(8-10-22)16-3-1-2-6-19-16/h1-6,11-12H,7-10H2/b20-12+. The van der Waals surface area contributed by atoms with E-state index in [1.807, 2.05) is 42.7 Å². The number of aromatic nitrogens is 1. The van der Waals surface area contributed by atoms with E-state index in [-0.39, 0.29) is 0 Å². The zero-order valence-electron chi connectivity index (χ0n) is 12.0. The Morgan fingerprint density at radius 2 is 1.82 bits per heavy atom. The van der Waals surface area contributed by atoms with Gasteiger partial charge in [0.05, 0.1) is 29.3 Å². The minimum atomic E-state index is 0.547. The van der Waals surface area contributed by atoms with E-state index in [0.717, 1.165) is 37.6 Å². The predicted molar refractivity (Wildman–Crippen MR) is 92.1 cm³/mol. The largest absolute Gasteiger partial charge is 0.353 e. The predicted octanol–water partition coefficient (Wildman–Crippen LogP) is 3.54. The van der Waals surface area contributed by atoms with E-state index in [0.29, 0.717) is 10.0 Å². The van der Waals surface area contributed by atoms with E-state index < -0.39 is 0 Å². The maximum absolute atomic E-state index is 6.00. The number of anilines is 1. The first-order valence-corrected chi connectivity index (χ1v) is 7.88. The number of hydrogen-bond acceptors (Lipinski definition) is 4. The van der Waals surface area contributed by atoms with Crippen molar-refractivity contribution in [3.63, 3.8) is 0 Å². The van der Waals surface area contributed by atoms with E-state index in [4.69, 9.17) is 23.2 Å². The molecule has 0 aliphatic carbocycles. The van der Waals surface area contributed by atoms with Gasteiger partial charge >= 0.3 is 0 Å². The van der Waals surface area contributed by atoms with Gasteiger partial charge in [-0.25, -0.2) is 4.98 Å². The van der Waals surface area contributed by atoms with Crippen molar-refractivity contribution in [2.45, 2.75) is 0 Å². The van der Waals surface area contributed by atoms with Gasteiger partial charge in [0.2, 0.25) is 0 Å². The van der Waals surface area contributed by atoms with Gasteiger partial charge in [0, 0.05) is 19.3 Å². The van der Waals surface area contributed by atoms with Crippen molar-refractivity contribution in [3.05, 3.63) is 58.2 Å². The summed E-state index contributed by atoms with van der Waals surface area (Å²) in [7, 11) is 0. The maximum atomic E-state index is 6.00. The van der Waals surface area contributed by atoms with Crippen LogP contribution in [0.2, 0.25) is 10.0 Å². The number of pyridine rings is 1. The molecule has 22 heavy (non-hydrogen) atoms. The SMILES string of the molecule is Clc1ccc(/C=N/N2CCN(c3ccccn3)CC2)cc1Cl. The summed E-state index contributed by atoms with van der Waals surface area (Å²) in [5, 5.41) is 7.67. The van der Waals surface area contributed by atoms with Gasteiger partial charge < -0.3 is 4.90 Å². The third-order valence-corrected chi connectivity index (χ3v) is 4.28. The van der Waals surface area contributed by atoms with Crippen molar-refractivity contribution in [2.75, 3.05) is 31.1 Å². The molecule has 4 nitrogen and oxygen atoms in total. The number of halogens is 2. The second-order valence-electron chi connectivity index (χ2n) is 5.05. The normalized spacial score (nSPS) is 15.5. The molecule has 1 saturated heterocycles. The van der Waals surface area contributed by atoms with Crippen molar-refractivity contribution < 1.29 is 0 Å². The molecule has 0 amide bonds. The summed E-state index contributed by atoms with van der Waals surface area (Å²) >= 11 is 11.9. The van der Waals surface area contributed by atoms with Gasteiger partial charge in [0.25, 0.3) is 0 Å². The smallest absolute Gasteiger partial charge is 0.128 e. The van der Waals surface area contributed by atoms with Crippen molar-refractivity contribution in [2.24, 2.45) is 5.10 Å². The van der Waals surface area contributed by atoms with Crippen LogP contribution in [-0.4, -0.2) is 42.4 Å². The average Bonchev–Trinajstić information content (AvgIpc) is 2.57. The van der Waals surface area contributed by atoms with Crippen LogP contribution in [0.3, 0.4) is 0 Å². The van der Waals surface area contributed by atoms with Crippen LogP contribution in [0.15, 0.2) is 47.7 Å². The Balaban J connectivity index is 1.57. The molecule has 1 aromatic heterocycles. The molecule has 2 heterocycles. The minimum Gasteiger partial charge on any atom is -0.353 e. The lowest BCUT2D eigenvalue weighted by Crippen LogP contribution is -2.44. The van der Waals surface area contributed by atoms with Crippen LogP contribution in [0.4, 0.5) is 5.82 Å². The van der Waals surface area contributed by atoms with Gasteiger partial charge in [-0.2, -0.15) is 5.10 Å². The molecular formula is C16H16Cl2N4. The van der Waals surface area contributed by atoms with Crippen LogP contribution >= 0.6 is 23.2 Å². The lowest BCUT2D eigenvalue weighted by atomic mass is 10.2. The summed E-state index contributed by atoms with van der Waals surface area (Å²) in [6.07, 6.45) is 3.64. The highest BCUT2D eigenvalue weighted by atomic mass is 35.5. The first-order chi connectivity index (χ1) is 10.7. The van der Waals surface area contributed by atoms with Crippen LogP contribution < -0.4 is 4.90 Å². The van der Waals surface area contributed by atoms with Gasteiger partial charge in [0.1, 0.15) is 5.82 Å². The molecule has 114 valence electrons. The molecule has 0 spiro atoms. The molecule has 1 aliphatic rings. The number of benzene rings is 1. The van der Waals surface area contributed by atoms with E-state index in [1.54, 1.807) is 6.07 Å². The summed E-state index contributed by atoms with van der Waals surface area (Å²) in [6, 6.07) is 11.5. The first-order valence-electron chi connectivity index (χ1n) is 7.12. The number of hydrazone groups is 1. The third-order valence-electron chi connectivity index (χ3n) is 3.54. The highest BCUT2D eigenvalue weighted by molar-refractivity contribution is 6.42. The Bertz CT molecular complexity index is 652. The van der Waals surface area contributed by atoms with E-state index >= 15 is 0 Å². The summed E-state index contributed by atoms with van der Waals surface area (Å²) in [6.45, 7) is 3.56. The lowest BCUT2D eigenvalue weighted by Gasteiger charge is -2.33. The second kappa shape index (κ2) is 6.99. The number of hydrogen-bond donors (Lipinski definition) is 0. The van der Waals surface area contributed by atoms with Crippen LogP contribution in [0, 0.1) is 0 Å². The maximum Gasteiger partial charge on any atom is 0.128 e. The van der Waals surface area contributed by atoms with Gasteiger partial charge in [-0.15, -0.1) is 0 Å². The molecule has 1 fully saturated rings. The Morgan fingerprint density at radius 1 is 1.00 bits per heavy atom. The molecule has 0 atom stereocenters. The topological polar surface area (TPSA) is 31.7 Å². The molecule has 0 unspecified atom stereocenters. The highest BCUT2D eigenvalue weighted by Gasteiger charge is 2.16. The number of rotatable bonds is 3. The summed E-state index contributed by atoms with van der Waals surface area (Å²) in [5.74, 6) is 1.02. The van der Waals surface area contributed by atoms with Gasteiger partial charge in [-0.05, 0) is 29.8 Å². The molecular weight excluding hydrogens is 319 g/mol. The molecule has 0 bridgehead atoms. The molecule has 0 saturated carbocycles. The monoisotopic (exact) mass is 334 g/mol. The van der Waals surface area contributed by atoms with Crippen LogP contribution in [0.1, 0.15) is 5.56 Å². The van der Waals surface area contributed by atoms with E-state index in [2.05, 4.69) is 20.0 Å². The van der Waals surface area contributed by atoms with E-state index in [9.17, 15) is 0 Å². The minimum absolute atomic E-state index is 0.547. The Kier molecular flexibility index (Phi) is 4.80. The molecule has 0 radical (unpaired) electrons. The molecule has 0 N–H and O–H groups in total. The van der Waals surface area contributed by atoms with Crippen molar-refractivity contribution in [1.82, 2.24) is 9.99 Å². The quantitative estimate of drug-likeness (QED) is 0.804. The Morgan fingerprint density at radius 3 is 2.50 bits per heavy atom. The molecule has 1 aromatic carbocycles. The zero-order chi connectivity index (χ0) is 15.4. The summed E-state index contributed by atoms with van der Waals surface area (Å²) in [5.41, 5.74) is 0.946. The molecule has 2 aromatic rings. The zero-order valence-corrected chi connectivity index (χ0v) is 13.5. The second-order valence-corrected chi connectivity index (χ2v) is 5.86. The average molecular weight is 335 g/mol. The fourth-order valence-corrected chi connectivity index (χ4v) is 2.63. The fourth-order valence-electron chi connectivity index (χ4n) is 2.32. The fraction of sp³-hybridized carbons (Fsp3) is 0.250. The molecule has 6 heteroatoms. The van der Waals surface area contributed by atoms with Crippen molar-refractivity contribution in [3.8, 4) is 0 Å². The van der Waals surface area contributed by atoms with Gasteiger partial charge in [-0.1, -0.05) is 35.3 Å². The summed E-state index contributed by atoms with van der Waals surface area (Å²) in [4.78, 5) is 6.65. The third kappa shape index (κ3) is 3.70. The highest BCUT2D eigenvalue weighted by Crippen LogP contribution is 2.22. The summed E-state index contributed by atoms with van der Waals surface area (Å²) < 4.78 is 0.